The predicted molar refractivity (Wildman–Crippen MR) is 195 cm³/mol. The fourth-order valence-corrected chi connectivity index (χ4v) is 8.41. The van der Waals surface area contributed by atoms with Crippen LogP contribution < -0.4 is 0 Å². The molecule has 1 unspecified atom stereocenters. The summed E-state index contributed by atoms with van der Waals surface area (Å²) in [6, 6.07) is 34.4. The third-order valence-electron chi connectivity index (χ3n) is 10.6. The smallest absolute Gasteiger partial charge is 0.0680 e. The number of allylic oxidation sites excluding steroid dienone is 4. The largest absolute Gasteiger partial charge is 0.0983 e. The Morgan fingerprint density at radius 1 is 0.844 bits per heavy atom. The molecule has 0 bridgehead atoms. The van der Waals surface area contributed by atoms with Crippen molar-refractivity contribution < 1.29 is 0 Å². The van der Waals surface area contributed by atoms with Gasteiger partial charge in [-0.05, 0) is 124 Å². The molecule has 0 amide bonds. The van der Waals surface area contributed by atoms with Gasteiger partial charge in [0.05, 0.1) is 5.41 Å². The summed E-state index contributed by atoms with van der Waals surface area (Å²) in [5.41, 5.74) is 16.4. The van der Waals surface area contributed by atoms with Crippen molar-refractivity contribution in [2.75, 3.05) is 0 Å². The predicted octanol–water partition coefficient (Wildman–Crippen LogP) is 12.5. The first-order valence-electron chi connectivity index (χ1n) is 16.9. The molecule has 0 saturated carbocycles. The third-order valence-corrected chi connectivity index (χ3v) is 10.6. The number of hydrogen-bond donors (Lipinski definition) is 0. The van der Waals surface area contributed by atoms with E-state index in [-0.39, 0.29) is 0 Å². The Hall–Kier alpha value is -4.42. The van der Waals surface area contributed by atoms with E-state index < -0.39 is 5.41 Å². The van der Waals surface area contributed by atoms with Crippen molar-refractivity contribution in [1.29, 1.82) is 0 Å². The van der Waals surface area contributed by atoms with Crippen molar-refractivity contribution in [2.45, 2.75) is 71.1 Å². The van der Waals surface area contributed by atoms with Gasteiger partial charge in [-0.1, -0.05) is 141 Å². The van der Waals surface area contributed by atoms with E-state index in [0.717, 1.165) is 32.1 Å². The Morgan fingerprint density at radius 2 is 1.56 bits per heavy atom. The molecule has 0 saturated heterocycles. The highest BCUT2D eigenvalue weighted by molar-refractivity contribution is 6.07. The van der Waals surface area contributed by atoms with Crippen LogP contribution in [0.5, 0.6) is 0 Å². The van der Waals surface area contributed by atoms with Crippen LogP contribution in [0.25, 0.3) is 39.1 Å². The molecule has 5 aromatic rings. The van der Waals surface area contributed by atoms with Gasteiger partial charge >= 0.3 is 0 Å². The summed E-state index contributed by atoms with van der Waals surface area (Å²) in [5.74, 6) is 0.372. The van der Waals surface area contributed by atoms with E-state index in [0.29, 0.717) is 5.92 Å². The van der Waals surface area contributed by atoms with Gasteiger partial charge < -0.3 is 0 Å². The van der Waals surface area contributed by atoms with Gasteiger partial charge in [0, 0.05) is 0 Å². The van der Waals surface area contributed by atoms with Crippen LogP contribution in [0.15, 0.2) is 121 Å². The zero-order chi connectivity index (χ0) is 31.1. The van der Waals surface area contributed by atoms with E-state index >= 15 is 0 Å². The molecule has 0 spiro atoms. The monoisotopic (exact) mass is 584 g/mol. The van der Waals surface area contributed by atoms with Crippen molar-refractivity contribution in [3.8, 4) is 22.3 Å². The number of benzene rings is 5. The first-order valence-corrected chi connectivity index (χ1v) is 16.9. The maximum atomic E-state index is 5.07. The topological polar surface area (TPSA) is 0 Å². The number of hydrogen-bond acceptors (Lipinski definition) is 0. The number of fused-ring (bicyclic) bond motifs is 8. The molecule has 7 rings (SSSR count). The van der Waals surface area contributed by atoms with Crippen LogP contribution in [0.4, 0.5) is 0 Å². The van der Waals surface area contributed by atoms with Crippen LogP contribution in [-0.2, 0) is 11.8 Å². The maximum Gasteiger partial charge on any atom is 0.0680 e. The molecule has 0 radical (unpaired) electrons. The van der Waals surface area contributed by atoms with E-state index in [4.69, 9.17) is 6.58 Å². The SMILES string of the molecule is C=C(CC/C=C\C)C1(c2ccccc2)c2c(ccc(-c3ccccc3C)c2[C@@H](C)CC)-c2c3c(c4ccccc4c21)C=CCC3. The highest BCUT2D eigenvalue weighted by atomic mass is 14.5. The molecule has 0 aliphatic heterocycles. The summed E-state index contributed by atoms with van der Waals surface area (Å²) in [5, 5.41) is 2.72. The Balaban J connectivity index is 1.73. The van der Waals surface area contributed by atoms with Gasteiger partial charge in [-0.15, -0.1) is 0 Å². The summed E-state index contributed by atoms with van der Waals surface area (Å²) >= 11 is 0. The van der Waals surface area contributed by atoms with Gasteiger partial charge in [0.1, 0.15) is 0 Å². The molecule has 5 aromatic carbocycles. The second kappa shape index (κ2) is 11.8. The molecule has 0 heterocycles. The summed E-state index contributed by atoms with van der Waals surface area (Å²) in [6.45, 7) is 14.2. The van der Waals surface area contributed by atoms with Gasteiger partial charge in [-0.2, -0.15) is 0 Å². The van der Waals surface area contributed by atoms with Crippen LogP contribution in [0.1, 0.15) is 91.3 Å². The molecular weight excluding hydrogens is 540 g/mol. The van der Waals surface area contributed by atoms with Gasteiger partial charge in [-0.25, -0.2) is 0 Å². The quantitative estimate of drug-likeness (QED) is 0.159. The lowest BCUT2D eigenvalue weighted by Crippen LogP contribution is -2.31. The summed E-state index contributed by atoms with van der Waals surface area (Å²) in [6.07, 6.45) is 14.4. The molecule has 0 heteroatoms. The van der Waals surface area contributed by atoms with Crippen LogP contribution in [0.3, 0.4) is 0 Å². The summed E-state index contributed by atoms with van der Waals surface area (Å²) in [4.78, 5) is 0. The van der Waals surface area contributed by atoms with E-state index in [1.807, 2.05) is 0 Å². The molecule has 45 heavy (non-hydrogen) atoms. The fourth-order valence-electron chi connectivity index (χ4n) is 8.41. The lowest BCUT2D eigenvalue weighted by atomic mass is 9.62. The zero-order valence-electron chi connectivity index (χ0n) is 27.3. The van der Waals surface area contributed by atoms with E-state index in [2.05, 4.69) is 143 Å². The Morgan fingerprint density at radius 3 is 2.31 bits per heavy atom. The molecule has 2 aliphatic rings. The lowest BCUT2D eigenvalue weighted by molar-refractivity contribution is 0.665. The second-order valence-electron chi connectivity index (χ2n) is 13.0. The molecule has 0 aromatic heterocycles. The van der Waals surface area contributed by atoms with Crippen LogP contribution >= 0.6 is 0 Å². The summed E-state index contributed by atoms with van der Waals surface area (Å²) in [7, 11) is 0. The van der Waals surface area contributed by atoms with Crippen molar-refractivity contribution in [1.82, 2.24) is 0 Å². The third kappa shape index (κ3) is 4.41. The molecule has 0 fully saturated rings. The number of aryl methyl sites for hydroxylation is 1. The molecule has 2 atom stereocenters. The van der Waals surface area contributed by atoms with E-state index in [1.165, 1.54) is 77.5 Å². The van der Waals surface area contributed by atoms with Crippen molar-refractivity contribution >= 4 is 16.8 Å². The summed E-state index contributed by atoms with van der Waals surface area (Å²) < 4.78 is 0. The van der Waals surface area contributed by atoms with Crippen LogP contribution in [-0.4, -0.2) is 0 Å². The zero-order valence-corrected chi connectivity index (χ0v) is 27.3. The minimum absolute atomic E-state index is 0.372. The van der Waals surface area contributed by atoms with E-state index in [9.17, 15) is 0 Å². The van der Waals surface area contributed by atoms with Crippen molar-refractivity contribution in [3.05, 3.63) is 160 Å². The minimum atomic E-state index is -0.471. The van der Waals surface area contributed by atoms with Crippen molar-refractivity contribution in [3.63, 3.8) is 0 Å². The van der Waals surface area contributed by atoms with Crippen molar-refractivity contribution in [2.24, 2.45) is 0 Å². The molecular formula is C45H44. The van der Waals surface area contributed by atoms with Gasteiger partial charge in [-0.3, -0.25) is 0 Å². The van der Waals surface area contributed by atoms with E-state index in [1.54, 1.807) is 0 Å². The molecule has 0 nitrogen and oxygen atoms in total. The normalized spacial score (nSPS) is 17.3. The Kier molecular flexibility index (Phi) is 7.70. The average molecular weight is 585 g/mol. The lowest BCUT2D eigenvalue weighted by Gasteiger charge is -2.39. The first kappa shape index (κ1) is 29.3. The number of rotatable bonds is 8. The standard InChI is InChI=1S/C45H44/c1-6-8-10-20-32(5)45(33-21-11-9-12-22-33)43-39-27-18-16-25-36(39)35-24-15-17-26-37(35)42(43)40-29-28-38(34-23-14-13-19-31(34)4)41(44(40)45)30(3)7-2/h6,8-9,11-16,18-19,21-25,27-30H,5,7,10,17,20,26H2,1-4H3/b8-6-/t30-,45?/m0/s1. The Labute approximate surface area is 269 Å². The first-order chi connectivity index (χ1) is 22.0. The highest BCUT2D eigenvalue weighted by Gasteiger charge is 2.51. The van der Waals surface area contributed by atoms with Crippen LogP contribution in [0, 0.1) is 6.92 Å². The van der Waals surface area contributed by atoms with Gasteiger partial charge in [0.25, 0.3) is 0 Å². The Bertz CT molecular complexity index is 1980. The average Bonchev–Trinajstić information content (AvgIpc) is 3.41. The maximum absolute atomic E-state index is 5.07. The molecule has 2 aliphatic carbocycles. The fraction of sp³-hybridized carbons (Fsp3) is 0.244. The second-order valence-corrected chi connectivity index (χ2v) is 13.0. The molecule has 224 valence electrons. The van der Waals surface area contributed by atoms with Crippen LogP contribution in [0.2, 0.25) is 0 Å². The van der Waals surface area contributed by atoms with Gasteiger partial charge in [0.2, 0.25) is 0 Å². The van der Waals surface area contributed by atoms with Gasteiger partial charge in [0.15, 0.2) is 0 Å². The minimum Gasteiger partial charge on any atom is -0.0983 e. The highest BCUT2D eigenvalue weighted by Crippen LogP contribution is 2.63. The molecule has 0 N–H and O–H groups in total.